The molecule has 5 nitrogen and oxygen atoms in total. The fraction of sp³-hybridized carbons (Fsp3) is 0.231. The standard InChI is InChI=1S/C13H15N3O2/c1-7-4-5-8(2)11-10(7)9(6-15-18-3)12(16-11)13(14)17/h4-6,16H,1-3H3,(H2,14,17). The Morgan fingerprint density at radius 1 is 1.39 bits per heavy atom. The fourth-order valence-corrected chi connectivity index (χ4v) is 2.07. The monoisotopic (exact) mass is 245 g/mol. The van der Waals surface area contributed by atoms with Crippen molar-refractivity contribution in [2.24, 2.45) is 10.9 Å². The van der Waals surface area contributed by atoms with Crippen molar-refractivity contribution in [1.29, 1.82) is 0 Å². The molecular weight excluding hydrogens is 230 g/mol. The zero-order chi connectivity index (χ0) is 13.3. The number of amides is 1. The highest BCUT2D eigenvalue weighted by Gasteiger charge is 2.17. The zero-order valence-electron chi connectivity index (χ0n) is 10.6. The Morgan fingerprint density at radius 3 is 2.67 bits per heavy atom. The number of oxime groups is 1. The maximum Gasteiger partial charge on any atom is 0.265 e. The van der Waals surface area contributed by atoms with Crippen LogP contribution in [0.15, 0.2) is 17.3 Å². The Bertz CT molecular complexity index is 641. The minimum atomic E-state index is -0.512. The fourth-order valence-electron chi connectivity index (χ4n) is 2.07. The third kappa shape index (κ3) is 1.84. The van der Waals surface area contributed by atoms with Crippen molar-refractivity contribution in [2.75, 3.05) is 7.11 Å². The number of carbonyl (C=O) groups is 1. The van der Waals surface area contributed by atoms with Gasteiger partial charge < -0.3 is 15.6 Å². The number of nitrogens with zero attached hydrogens (tertiary/aromatic N) is 1. The first-order valence-corrected chi connectivity index (χ1v) is 5.54. The van der Waals surface area contributed by atoms with E-state index in [9.17, 15) is 4.79 Å². The normalized spacial score (nSPS) is 11.3. The van der Waals surface area contributed by atoms with Crippen LogP contribution in [0, 0.1) is 13.8 Å². The Balaban J connectivity index is 2.85. The van der Waals surface area contributed by atoms with Gasteiger partial charge in [0.15, 0.2) is 0 Å². The van der Waals surface area contributed by atoms with Crippen LogP contribution in [0.5, 0.6) is 0 Å². The largest absolute Gasteiger partial charge is 0.399 e. The van der Waals surface area contributed by atoms with Gasteiger partial charge in [0.2, 0.25) is 0 Å². The number of aromatic nitrogens is 1. The van der Waals surface area contributed by atoms with Crippen LogP contribution < -0.4 is 5.73 Å². The van der Waals surface area contributed by atoms with Crippen LogP contribution >= 0.6 is 0 Å². The van der Waals surface area contributed by atoms with Crippen LogP contribution in [-0.4, -0.2) is 24.2 Å². The van der Waals surface area contributed by atoms with Gasteiger partial charge in [-0.05, 0) is 25.0 Å². The molecule has 0 aliphatic rings. The first-order valence-electron chi connectivity index (χ1n) is 5.54. The number of rotatable bonds is 3. The van der Waals surface area contributed by atoms with E-state index in [1.165, 1.54) is 13.3 Å². The summed E-state index contributed by atoms with van der Waals surface area (Å²) in [6.45, 7) is 3.95. The molecule has 94 valence electrons. The number of nitrogens with one attached hydrogen (secondary N) is 1. The lowest BCUT2D eigenvalue weighted by Gasteiger charge is -2.00. The molecule has 0 saturated heterocycles. The Morgan fingerprint density at radius 2 is 2.06 bits per heavy atom. The summed E-state index contributed by atoms with van der Waals surface area (Å²) in [5.74, 6) is -0.512. The molecule has 0 aliphatic heterocycles. The highest BCUT2D eigenvalue weighted by atomic mass is 16.6. The first-order chi connectivity index (χ1) is 8.56. The average molecular weight is 245 g/mol. The van der Waals surface area contributed by atoms with Gasteiger partial charge >= 0.3 is 0 Å². The van der Waals surface area contributed by atoms with Gasteiger partial charge in [0.05, 0.1) is 6.21 Å². The van der Waals surface area contributed by atoms with Crippen molar-refractivity contribution in [2.45, 2.75) is 13.8 Å². The molecule has 18 heavy (non-hydrogen) atoms. The number of primary amides is 1. The predicted molar refractivity (Wildman–Crippen MR) is 70.9 cm³/mol. The van der Waals surface area contributed by atoms with E-state index in [1.54, 1.807) is 0 Å². The molecule has 5 heteroatoms. The number of nitrogens with two attached hydrogens (primary N) is 1. The minimum Gasteiger partial charge on any atom is -0.399 e. The van der Waals surface area contributed by atoms with Crippen molar-refractivity contribution in [3.63, 3.8) is 0 Å². The van der Waals surface area contributed by atoms with E-state index in [-0.39, 0.29) is 0 Å². The Kier molecular flexibility index (Phi) is 3.06. The molecule has 2 rings (SSSR count). The highest BCUT2D eigenvalue weighted by Crippen LogP contribution is 2.27. The molecule has 0 radical (unpaired) electrons. The molecule has 1 amide bonds. The summed E-state index contributed by atoms with van der Waals surface area (Å²) in [5, 5.41) is 4.67. The molecule has 0 bridgehead atoms. The topological polar surface area (TPSA) is 80.5 Å². The second kappa shape index (κ2) is 4.52. The van der Waals surface area contributed by atoms with Gasteiger partial charge in [-0.2, -0.15) is 0 Å². The molecule has 0 atom stereocenters. The molecule has 1 heterocycles. The highest BCUT2D eigenvalue weighted by molar-refractivity contribution is 6.11. The maximum absolute atomic E-state index is 11.5. The van der Waals surface area contributed by atoms with Gasteiger partial charge in [-0.1, -0.05) is 17.3 Å². The summed E-state index contributed by atoms with van der Waals surface area (Å²) in [7, 11) is 1.45. The van der Waals surface area contributed by atoms with Crippen molar-refractivity contribution in [1.82, 2.24) is 4.98 Å². The smallest absolute Gasteiger partial charge is 0.265 e. The number of hydrogen-bond donors (Lipinski definition) is 2. The van der Waals surface area contributed by atoms with E-state index in [4.69, 9.17) is 5.73 Å². The van der Waals surface area contributed by atoms with E-state index < -0.39 is 5.91 Å². The lowest BCUT2D eigenvalue weighted by molar-refractivity contribution is 0.0996. The van der Waals surface area contributed by atoms with Crippen molar-refractivity contribution >= 4 is 23.0 Å². The number of benzene rings is 1. The van der Waals surface area contributed by atoms with Crippen LogP contribution in [0.25, 0.3) is 10.9 Å². The molecule has 0 unspecified atom stereocenters. The van der Waals surface area contributed by atoms with Crippen molar-refractivity contribution in [3.8, 4) is 0 Å². The van der Waals surface area contributed by atoms with Crippen molar-refractivity contribution < 1.29 is 9.63 Å². The van der Waals surface area contributed by atoms with E-state index in [0.717, 1.165) is 22.0 Å². The third-order valence-electron chi connectivity index (χ3n) is 2.94. The van der Waals surface area contributed by atoms with Gasteiger partial charge in [-0.15, -0.1) is 0 Å². The summed E-state index contributed by atoms with van der Waals surface area (Å²) in [6.07, 6.45) is 1.51. The Hall–Kier alpha value is -2.30. The van der Waals surface area contributed by atoms with Gasteiger partial charge in [0, 0.05) is 16.5 Å². The van der Waals surface area contributed by atoms with E-state index in [0.29, 0.717) is 11.3 Å². The first kappa shape index (κ1) is 12.2. The SMILES string of the molecule is CON=Cc1c(C(N)=O)[nH]c2c(C)ccc(C)c12. The average Bonchev–Trinajstić information content (AvgIpc) is 2.72. The van der Waals surface area contributed by atoms with Crippen molar-refractivity contribution in [3.05, 3.63) is 34.5 Å². The molecular formula is C13H15N3O2. The zero-order valence-corrected chi connectivity index (χ0v) is 10.6. The second-order valence-electron chi connectivity index (χ2n) is 4.14. The number of fused-ring (bicyclic) bond motifs is 1. The summed E-state index contributed by atoms with van der Waals surface area (Å²) < 4.78 is 0. The lowest BCUT2D eigenvalue weighted by Crippen LogP contribution is -2.13. The van der Waals surface area contributed by atoms with E-state index in [1.807, 2.05) is 26.0 Å². The van der Waals surface area contributed by atoms with Crippen LogP contribution in [0.2, 0.25) is 0 Å². The van der Waals surface area contributed by atoms with Crippen LogP contribution in [-0.2, 0) is 4.84 Å². The molecule has 0 aliphatic carbocycles. The summed E-state index contributed by atoms with van der Waals surface area (Å²) in [4.78, 5) is 19.2. The number of H-pyrrole nitrogens is 1. The van der Waals surface area contributed by atoms with Gasteiger partial charge in [0.25, 0.3) is 5.91 Å². The second-order valence-corrected chi connectivity index (χ2v) is 4.14. The van der Waals surface area contributed by atoms with Gasteiger partial charge in [-0.3, -0.25) is 4.79 Å². The van der Waals surface area contributed by atoms with E-state index >= 15 is 0 Å². The minimum absolute atomic E-state index is 0.350. The molecule has 3 N–H and O–H groups in total. The van der Waals surface area contributed by atoms with Crippen LogP contribution in [0.3, 0.4) is 0 Å². The number of aryl methyl sites for hydroxylation is 2. The predicted octanol–water partition coefficient (Wildman–Crippen LogP) is 1.86. The lowest BCUT2D eigenvalue weighted by atomic mass is 10.0. The summed E-state index contributed by atoms with van der Waals surface area (Å²) >= 11 is 0. The summed E-state index contributed by atoms with van der Waals surface area (Å²) in [6, 6.07) is 4.00. The number of aromatic amines is 1. The molecule has 0 saturated carbocycles. The third-order valence-corrected chi connectivity index (χ3v) is 2.94. The summed E-state index contributed by atoms with van der Waals surface area (Å²) in [5.41, 5.74) is 9.40. The molecule has 2 aromatic rings. The van der Waals surface area contributed by atoms with Gasteiger partial charge in [-0.25, -0.2) is 0 Å². The van der Waals surface area contributed by atoms with Crippen LogP contribution in [0.4, 0.5) is 0 Å². The van der Waals surface area contributed by atoms with Gasteiger partial charge in [0.1, 0.15) is 12.8 Å². The van der Waals surface area contributed by atoms with E-state index in [2.05, 4.69) is 15.0 Å². The quantitative estimate of drug-likeness (QED) is 0.639. The number of hydrogen-bond acceptors (Lipinski definition) is 3. The molecule has 0 spiro atoms. The molecule has 1 aromatic heterocycles. The number of carbonyl (C=O) groups excluding carboxylic acids is 1. The maximum atomic E-state index is 11.5. The Labute approximate surface area is 105 Å². The van der Waals surface area contributed by atoms with Crippen LogP contribution in [0.1, 0.15) is 27.2 Å². The molecule has 0 fully saturated rings. The molecule has 1 aromatic carbocycles.